The number of aliphatic hydroxyl groups excluding tert-OH is 1. The molecule has 1 spiro atoms. The number of ether oxygens (including phenoxy) is 3. The second-order valence-electron chi connectivity index (χ2n) is 8.41. The molecule has 3 rings (SSSR count). The summed E-state index contributed by atoms with van der Waals surface area (Å²) in [6, 6.07) is 10.1. The minimum absolute atomic E-state index is 0.0163. The van der Waals surface area contributed by atoms with Gasteiger partial charge in [-0.3, -0.25) is 0 Å². The van der Waals surface area contributed by atoms with Crippen LogP contribution in [0.1, 0.15) is 70.8 Å². The van der Waals surface area contributed by atoms with E-state index in [1.807, 2.05) is 37.3 Å². The quantitative estimate of drug-likeness (QED) is 0.727. The fourth-order valence-corrected chi connectivity index (χ4v) is 4.05. The molecule has 154 valence electrons. The van der Waals surface area contributed by atoms with Gasteiger partial charge >= 0.3 is 0 Å². The van der Waals surface area contributed by atoms with Crippen molar-refractivity contribution in [2.45, 2.75) is 95.4 Å². The Labute approximate surface area is 169 Å². The van der Waals surface area contributed by atoms with E-state index in [2.05, 4.69) is 18.8 Å². The van der Waals surface area contributed by atoms with Gasteiger partial charge in [0.15, 0.2) is 5.79 Å². The van der Waals surface area contributed by atoms with E-state index in [1.165, 1.54) is 6.42 Å². The largest absolute Gasteiger partial charge is 0.392 e. The maximum Gasteiger partial charge on any atom is 0.170 e. The van der Waals surface area contributed by atoms with Crippen molar-refractivity contribution in [2.75, 3.05) is 6.61 Å². The van der Waals surface area contributed by atoms with E-state index in [4.69, 9.17) is 14.2 Å². The fraction of sp³-hybridized carbons (Fsp3) is 0.667. The topological polar surface area (TPSA) is 47.9 Å². The Morgan fingerprint density at radius 2 is 1.89 bits per heavy atom. The van der Waals surface area contributed by atoms with Crippen molar-refractivity contribution in [3.63, 3.8) is 0 Å². The average molecular weight is 387 g/mol. The van der Waals surface area contributed by atoms with Crippen molar-refractivity contribution in [3.8, 4) is 11.8 Å². The zero-order chi connectivity index (χ0) is 19.9. The van der Waals surface area contributed by atoms with Crippen molar-refractivity contribution in [1.29, 1.82) is 0 Å². The summed E-state index contributed by atoms with van der Waals surface area (Å²) in [7, 11) is 0. The third-order valence-corrected chi connectivity index (χ3v) is 5.64. The van der Waals surface area contributed by atoms with Gasteiger partial charge in [-0.25, -0.2) is 0 Å². The molecule has 0 radical (unpaired) electrons. The van der Waals surface area contributed by atoms with E-state index < -0.39 is 17.5 Å². The van der Waals surface area contributed by atoms with Crippen LogP contribution in [0.3, 0.4) is 0 Å². The van der Waals surface area contributed by atoms with E-state index >= 15 is 0 Å². The van der Waals surface area contributed by atoms with Crippen molar-refractivity contribution in [1.82, 2.24) is 0 Å². The summed E-state index contributed by atoms with van der Waals surface area (Å²) in [6.07, 6.45) is 6.76. The molecule has 1 aromatic rings. The van der Waals surface area contributed by atoms with E-state index in [0.717, 1.165) is 37.7 Å². The van der Waals surface area contributed by atoms with Gasteiger partial charge in [-0.15, -0.1) is 0 Å². The van der Waals surface area contributed by atoms with Crippen molar-refractivity contribution >= 4 is 0 Å². The van der Waals surface area contributed by atoms with Gasteiger partial charge in [0.25, 0.3) is 0 Å². The Hall–Kier alpha value is -1.38. The highest BCUT2D eigenvalue weighted by atomic mass is 16.7. The summed E-state index contributed by atoms with van der Waals surface area (Å²) in [5, 5.41) is 10.3. The molecule has 2 aliphatic rings. The third-order valence-electron chi connectivity index (χ3n) is 5.64. The molecule has 0 bridgehead atoms. The van der Waals surface area contributed by atoms with Gasteiger partial charge in [0.2, 0.25) is 0 Å². The summed E-state index contributed by atoms with van der Waals surface area (Å²) in [5.41, 5.74) is 0.662. The lowest BCUT2D eigenvalue weighted by Crippen LogP contribution is -2.50. The molecule has 1 heterocycles. The van der Waals surface area contributed by atoms with Crippen LogP contribution in [0.25, 0.3) is 0 Å². The van der Waals surface area contributed by atoms with Gasteiger partial charge in [0.1, 0.15) is 5.60 Å². The monoisotopic (exact) mass is 386 g/mol. The van der Waals surface area contributed by atoms with Crippen LogP contribution in [0.5, 0.6) is 0 Å². The van der Waals surface area contributed by atoms with E-state index in [0.29, 0.717) is 26.1 Å². The minimum Gasteiger partial charge on any atom is -0.392 e. The maximum absolute atomic E-state index is 10.3. The van der Waals surface area contributed by atoms with Gasteiger partial charge in [-0.1, -0.05) is 48.6 Å². The number of benzene rings is 1. The predicted molar refractivity (Wildman–Crippen MR) is 110 cm³/mol. The van der Waals surface area contributed by atoms with Crippen LogP contribution < -0.4 is 0 Å². The number of hydrogen-bond donors (Lipinski definition) is 1. The molecule has 0 aromatic heterocycles. The van der Waals surface area contributed by atoms with E-state index in [1.54, 1.807) is 0 Å². The Morgan fingerprint density at radius 1 is 1.14 bits per heavy atom. The first-order chi connectivity index (χ1) is 13.5. The summed E-state index contributed by atoms with van der Waals surface area (Å²) < 4.78 is 18.2. The normalized spacial score (nSPS) is 26.2. The van der Waals surface area contributed by atoms with E-state index in [-0.39, 0.29) is 6.10 Å². The highest BCUT2D eigenvalue weighted by Gasteiger charge is 2.44. The van der Waals surface area contributed by atoms with Gasteiger partial charge in [-0.05, 0) is 32.3 Å². The van der Waals surface area contributed by atoms with Crippen LogP contribution in [-0.2, 0) is 20.8 Å². The highest BCUT2D eigenvalue weighted by molar-refractivity contribution is 5.15. The smallest absolute Gasteiger partial charge is 0.170 e. The first-order valence-electron chi connectivity index (χ1n) is 10.7. The molecule has 4 nitrogen and oxygen atoms in total. The average Bonchev–Trinajstić information content (AvgIpc) is 2.67. The first kappa shape index (κ1) is 21.3. The fourth-order valence-electron chi connectivity index (χ4n) is 4.05. The summed E-state index contributed by atoms with van der Waals surface area (Å²) in [5.74, 6) is 6.01. The highest BCUT2D eigenvalue weighted by Crippen LogP contribution is 2.40. The molecule has 28 heavy (non-hydrogen) atoms. The Balaban J connectivity index is 1.43. The molecule has 1 aliphatic carbocycles. The van der Waals surface area contributed by atoms with Crippen molar-refractivity contribution in [3.05, 3.63) is 35.9 Å². The maximum atomic E-state index is 10.3. The molecule has 1 saturated carbocycles. The van der Waals surface area contributed by atoms with Crippen LogP contribution in [-0.4, -0.2) is 35.3 Å². The van der Waals surface area contributed by atoms with Gasteiger partial charge < -0.3 is 19.3 Å². The van der Waals surface area contributed by atoms with Gasteiger partial charge in [0, 0.05) is 32.1 Å². The number of aliphatic hydroxyl groups is 1. The summed E-state index contributed by atoms with van der Waals surface area (Å²) >= 11 is 0. The first-order valence-corrected chi connectivity index (χ1v) is 10.7. The van der Waals surface area contributed by atoms with Crippen LogP contribution in [0.4, 0.5) is 0 Å². The third kappa shape index (κ3) is 6.32. The standard InChI is InChI=1S/C24H34O4/c1-20(26-19-21-10-5-3-6-11-21)18-22(25)12-9-13-23(2)16-17-27-24(28-23)14-7-4-8-15-24/h3,5-6,10-11,20,22,25H,4,7-8,12,14-19H2,1-2H3/t20-,22+,23-/m1/s1. The molecule has 0 unspecified atom stereocenters. The molecule has 1 N–H and O–H groups in total. The van der Waals surface area contributed by atoms with Crippen LogP contribution in [0.2, 0.25) is 0 Å². The predicted octanol–water partition coefficient (Wildman–Crippen LogP) is 4.59. The molecule has 2 fully saturated rings. The lowest BCUT2D eigenvalue weighted by molar-refractivity contribution is -0.319. The molecule has 3 atom stereocenters. The van der Waals surface area contributed by atoms with Crippen LogP contribution in [0.15, 0.2) is 30.3 Å². The number of hydrogen-bond acceptors (Lipinski definition) is 4. The second kappa shape index (κ2) is 9.89. The zero-order valence-electron chi connectivity index (χ0n) is 17.3. The van der Waals surface area contributed by atoms with Crippen molar-refractivity contribution < 1.29 is 19.3 Å². The number of rotatable bonds is 6. The van der Waals surface area contributed by atoms with Crippen molar-refractivity contribution in [2.24, 2.45) is 0 Å². The summed E-state index contributed by atoms with van der Waals surface area (Å²) in [4.78, 5) is 0. The zero-order valence-corrected chi connectivity index (χ0v) is 17.3. The molecule has 0 amide bonds. The molecule has 1 aliphatic heterocycles. The Morgan fingerprint density at radius 3 is 2.64 bits per heavy atom. The SMILES string of the molecule is C[C@H](C[C@@H](O)CC#C[C@]1(C)CCOC2(CCCCC2)O1)OCc1ccccc1. The van der Waals surface area contributed by atoms with Gasteiger partial charge in [0.05, 0.1) is 25.4 Å². The Kier molecular flexibility index (Phi) is 7.54. The molecular formula is C24H34O4. The lowest BCUT2D eigenvalue weighted by Gasteiger charge is -2.46. The van der Waals surface area contributed by atoms with E-state index in [9.17, 15) is 5.11 Å². The molecule has 1 aromatic carbocycles. The molecule has 1 saturated heterocycles. The van der Waals surface area contributed by atoms with Gasteiger partial charge in [-0.2, -0.15) is 0 Å². The van der Waals surface area contributed by atoms with Crippen LogP contribution >= 0.6 is 0 Å². The summed E-state index contributed by atoms with van der Waals surface area (Å²) in [6.45, 7) is 5.30. The minimum atomic E-state index is -0.495. The Bertz CT molecular complexity index is 651. The van der Waals surface area contributed by atoms with Crippen LogP contribution in [0, 0.1) is 11.8 Å². The molecule has 4 heteroatoms. The molecular weight excluding hydrogens is 352 g/mol. The lowest BCUT2D eigenvalue weighted by atomic mass is 9.90. The second-order valence-corrected chi connectivity index (χ2v) is 8.41.